The average Bonchev–Trinajstić information content (AvgIpc) is 2.39. The lowest BCUT2D eigenvalue weighted by Crippen LogP contribution is -2.09. The minimum absolute atomic E-state index is 0.406. The van der Waals surface area contributed by atoms with Gasteiger partial charge in [0.15, 0.2) is 0 Å². The summed E-state index contributed by atoms with van der Waals surface area (Å²) in [7, 11) is 0. The van der Waals surface area contributed by atoms with E-state index in [9.17, 15) is 5.26 Å². The maximum Gasteiger partial charge on any atom is 0.141 e. The third kappa shape index (κ3) is 2.88. The fourth-order valence-corrected chi connectivity index (χ4v) is 1.97. The summed E-state index contributed by atoms with van der Waals surface area (Å²) < 4.78 is 0.935. The van der Waals surface area contributed by atoms with Gasteiger partial charge in [-0.1, -0.05) is 18.2 Å². The quantitative estimate of drug-likeness (QED) is 0.937. The lowest BCUT2D eigenvalue weighted by Gasteiger charge is -2.14. The van der Waals surface area contributed by atoms with Gasteiger partial charge in [0.1, 0.15) is 6.04 Å². The van der Waals surface area contributed by atoms with Crippen molar-refractivity contribution in [2.24, 2.45) is 0 Å². The first-order valence-corrected chi connectivity index (χ1v) is 6.33. The van der Waals surface area contributed by atoms with Gasteiger partial charge in [-0.2, -0.15) is 5.26 Å². The van der Waals surface area contributed by atoms with Crippen LogP contribution in [0.5, 0.6) is 0 Å². The molecule has 1 atom stereocenters. The number of nitrogens with one attached hydrogen (secondary N) is 1. The van der Waals surface area contributed by atoms with Crippen molar-refractivity contribution in [1.29, 1.82) is 5.26 Å². The first-order chi connectivity index (χ1) is 8.70. The molecule has 90 valence electrons. The average molecular weight is 302 g/mol. The number of hydrogen-bond donors (Lipinski definition) is 1. The molecule has 1 N–H and O–H groups in total. The molecule has 1 unspecified atom stereocenters. The minimum atomic E-state index is -0.406. The van der Waals surface area contributed by atoms with E-state index in [0.717, 1.165) is 21.4 Å². The summed E-state index contributed by atoms with van der Waals surface area (Å²) >= 11 is 3.45. The van der Waals surface area contributed by atoms with Crippen LogP contribution >= 0.6 is 15.9 Å². The molecule has 2 rings (SSSR count). The highest BCUT2D eigenvalue weighted by molar-refractivity contribution is 9.10. The van der Waals surface area contributed by atoms with E-state index in [2.05, 4.69) is 32.3 Å². The van der Waals surface area contributed by atoms with Gasteiger partial charge in [-0.05, 0) is 41.1 Å². The van der Waals surface area contributed by atoms with Gasteiger partial charge in [0.05, 0.1) is 6.07 Å². The molecule has 3 nitrogen and oxygen atoms in total. The molecule has 0 aliphatic carbocycles. The number of rotatable bonds is 3. The first kappa shape index (κ1) is 12.6. The molecule has 0 saturated heterocycles. The van der Waals surface area contributed by atoms with Crippen LogP contribution < -0.4 is 5.32 Å². The number of aryl methyl sites for hydroxylation is 1. The maximum absolute atomic E-state index is 9.25. The zero-order chi connectivity index (χ0) is 13.0. The summed E-state index contributed by atoms with van der Waals surface area (Å²) in [5, 5.41) is 12.4. The molecule has 0 amide bonds. The molecule has 0 bridgehead atoms. The third-order valence-electron chi connectivity index (χ3n) is 2.57. The molecule has 18 heavy (non-hydrogen) atoms. The number of para-hydroxylation sites is 1. The SMILES string of the molecule is Cc1ccc(C(C#N)Nc2ccccc2Br)cn1. The minimum Gasteiger partial charge on any atom is -0.365 e. The topological polar surface area (TPSA) is 48.7 Å². The molecule has 0 saturated carbocycles. The smallest absolute Gasteiger partial charge is 0.141 e. The molecule has 1 heterocycles. The Bertz CT molecular complexity index is 572. The number of pyridine rings is 1. The Morgan fingerprint density at radius 2 is 2.06 bits per heavy atom. The Balaban J connectivity index is 2.23. The number of anilines is 1. The first-order valence-electron chi connectivity index (χ1n) is 5.54. The van der Waals surface area contributed by atoms with Crippen LogP contribution in [0, 0.1) is 18.3 Å². The highest BCUT2D eigenvalue weighted by Gasteiger charge is 2.11. The van der Waals surface area contributed by atoms with Crippen molar-refractivity contribution in [1.82, 2.24) is 4.98 Å². The number of halogens is 1. The molecule has 1 aromatic heterocycles. The van der Waals surface area contributed by atoms with Crippen LogP contribution in [-0.4, -0.2) is 4.98 Å². The van der Waals surface area contributed by atoms with Crippen molar-refractivity contribution in [2.45, 2.75) is 13.0 Å². The highest BCUT2D eigenvalue weighted by Crippen LogP contribution is 2.25. The van der Waals surface area contributed by atoms with Crippen molar-refractivity contribution >= 4 is 21.6 Å². The van der Waals surface area contributed by atoms with Crippen LogP contribution in [0.2, 0.25) is 0 Å². The predicted molar refractivity (Wildman–Crippen MR) is 75.1 cm³/mol. The number of nitrogens with zero attached hydrogens (tertiary/aromatic N) is 2. The molecule has 1 aromatic carbocycles. The van der Waals surface area contributed by atoms with Crippen LogP contribution in [0.25, 0.3) is 0 Å². The van der Waals surface area contributed by atoms with E-state index in [1.807, 2.05) is 43.3 Å². The molecule has 2 aromatic rings. The number of hydrogen-bond acceptors (Lipinski definition) is 3. The van der Waals surface area contributed by atoms with E-state index in [1.165, 1.54) is 0 Å². The Morgan fingerprint density at radius 1 is 1.28 bits per heavy atom. The van der Waals surface area contributed by atoms with Crippen LogP contribution in [-0.2, 0) is 0 Å². The summed E-state index contributed by atoms with van der Waals surface area (Å²) in [6.07, 6.45) is 1.73. The van der Waals surface area contributed by atoms with Crippen LogP contribution in [0.1, 0.15) is 17.3 Å². The van der Waals surface area contributed by atoms with E-state index >= 15 is 0 Å². The zero-order valence-electron chi connectivity index (χ0n) is 9.89. The number of aromatic nitrogens is 1. The molecular formula is C14H12BrN3. The molecule has 0 aliphatic rings. The summed E-state index contributed by atoms with van der Waals surface area (Å²) in [6, 6.07) is 13.4. The van der Waals surface area contributed by atoms with Crippen molar-refractivity contribution in [3.8, 4) is 6.07 Å². The van der Waals surface area contributed by atoms with Gasteiger partial charge >= 0.3 is 0 Å². The lowest BCUT2D eigenvalue weighted by atomic mass is 10.1. The molecule has 0 spiro atoms. The fraction of sp³-hybridized carbons (Fsp3) is 0.143. The summed E-state index contributed by atoms with van der Waals surface area (Å²) in [5.74, 6) is 0. The van der Waals surface area contributed by atoms with Crippen molar-refractivity contribution in [3.63, 3.8) is 0 Å². The molecule has 0 aliphatic heterocycles. The van der Waals surface area contributed by atoms with Gasteiger partial charge < -0.3 is 5.32 Å². The van der Waals surface area contributed by atoms with Crippen LogP contribution in [0.3, 0.4) is 0 Å². The van der Waals surface area contributed by atoms with Gasteiger partial charge in [0.2, 0.25) is 0 Å². The second kappa shape index (κ2) is 5.65. The van der Waals surface area contributed by atoms with Crippen molar-refractivity contribution in [2.75, 3.05) is 5.32 Å². The number of nitriles is 1. The van der Waals surface area contributed by atoms with Crippen molar-refractivity contribution in [3.05, 3.63) is 58.3 Å². The van der Waals surface area contributed by atoms with E-state index in [0.29, 0.717) is 0 Å². The standard InChI is InChI=1S/C14H12BrN3/c1-10-6-7-11(9-17-10)14(8-16)18-13-5-3-2-4-12(13)15/h2-7,9,14,18H,1H3. The molecule has 0 radical (unpaired) electrons. The Morgan fingerprint density at radius 3 is 2.67 bits per heavy atom. The highest BCUT2D eigenvalue weighted by atomic mass is 79.9. The van der Waals surface area contributed by atoms with Gasteiger partial charge in [-0.15, -0.1) is 0 Å². The largest absolute Gasteiger partial charge is 0.365 e. The summed E-state index contributed by atoms with van der Waals surface area (Å²) in [5.41, 5.74) is 2.69. The van der Waals surface area contributed by atoms with Gasteiger partial charge in [0, 0.05) is 27.6 Å². The second-order valence-electron chi connectivity index (χ2n) is 3.92. The molecule has 4 heteroatoms. The normalized spacial score (nSPS) is 11.6. The Labute approximate surface area is 115 Å². The zero-order valence-corrected chi connectivity index (χ0v) is 11.5. The summed E-state index contributed by atoms with van der Waals surface area (Å²) in [4.78, 5) is 4.21. The van der Waals surface area contributed by atoms with Crippen molar-refractivity contribution < 1.29 is 0 Å². The fourth-order valence-electron chi connectivity index (χ4n) is 1.57. The second-order valence-corrected chi connectivity index (χ2v) is 4.77. The van der Waals surface area contributed by atoms with Crippen LogP contribution in [0.4, 0.5) is 5.69 Å². The maximum atomic E-state index is 9.25. The third-order valence-corrected chi connectivity index (χ3v) is 3.26. The van der Waals surface area contributed by atoms with Gasteiger partial charge in [-0.25, -0.2) is 0 Å². The van der Waals surface area contributed by atoms with E-state index < -0.39 is 6.04 Å². The Hall–Kier alpha value is -1.86. The monoisotopic (exact) mass is 301 g/mol. The Kier molecular flexibility index (Phi) is 3.96. The lowest BCUT2D eigenvalue weighted by molar-refractivity contribution is 0.973. The van der Waals surface area contributed by atoms with Gasteiger partial charge in [-0.3, -0.25) is 4.98 Å². The summed E-state index contributed by atoms with van der Waals surface area (Å²) in [6.45, 7) is 1.92. The predicted octanol–water partition coefficient (Wildman–Crippen LogP) is 3.83. The molecular weight excluding hydrogens is 290 g/mol. The van der Waals surface area contributed by atoms with Crippen LogP contribution in [0.15, 0.2) is 47.1 Å². The molecule has 0 fully saturated rings. The van der Waals surface area contributed by atoms with E-state index in [1.54, 1.807) is 6.20 Å². The number of benzene rings is 1. The van der Waals surface area contributed by atoms with E-state index in [4.69, 9.17) is 0 Å². The van der Waals surface area contributed by atoms with E-state index in [-0.39, 0.29) is 0 Å². The van der Waals surface area contributed by atoms with Gasteiger partial charge in [0.25, 0.3) is 0 Å².